The number of aromatic amines is 1. The van der Waals surface area contributed by atoms with E-state index in [1.54, 1.807) is 32.0 Å². The zero-order valence-corrected chi connectivity index (χ0v) is 18.9. The van der Waals surface area contributed by atoms with Gasteiger partial charge in [-0.05, 0) is 24.0 Å². The number of aromatic nitrogens is 2. The Labute approximate surface area is 191 Å². The number of carbonyl (C=O) groups is 3. The molecule has 34 heavy (non-hydrogen) atoms. The van der Waals surface area contributed by atoms with Crippen LogP contribution in [0, 0.1) is 5.92 Å². The van der Waals surface area contributed by atoms with Crippen LogP contribution in [-0.2, 0) is 16.1 Å². The van der Waals surface area contributed by atoms with E-state index in [1.165, 1.54) is 19.9 Å². The minimum atomic E-state index is -5.12. The highest BCUT2D eigenvalue weighted by Gasteiger charge is 2.45. The number of H-pyrrole nitrogens is 1. The predicted octanol–water partition coefficient (Wildman–Crippen LogP) is 3.58. The summed E-state index contributed by atoms with van der Waals surface area (Å²) in [6.07, 6.45) is -5.12. The number of hydrogen-bond donors (Lipinski definition) is 3. The standard InChI is InChI=1S/C23H24F3N3O5/c1-10(2)15-8-14-12-6-5-7-13(22(33)34)18(12)28-19(14)21(32)29(15)9-16(30)27-17(11(3)4)20(31)23(24,25)26/h5-8,10-11,17,28H,9H2,1-4H3,(H,27,30)(H,33,34). The Kier molecular flexibility index (Phi) is 6.59. The number of amides is 1. The van der Waals surface area contributed by atoms with Crippen LogP contribution in [0.5, 0.6) is 0 Å². The van der Waals surface area contributed by atoms with Gasteiger partial charge in [0.2, 0.25) is 5.91 Å². The molecular formula is C23H24F3N3O5. The highest BCUT2D eigenvalue weighted by atomic mass is 19.4. The summed E-state index contributed by atoms with van der Waals surface area (Å²) in [5.74, 6) is -5.27. The van der Waals surface area contributed by atoms with E-state index in [1.807, 2.05) is 0 Å². The second kappa shape index (κ2) is 8.96. The number of fused-ring (bicyclic) bond motifs is 3. The number of alkyl halides is 3. The molecule has 0 saturated heterocycles. The number of benzene rings is 1. The van der Waals surface area contributed by atoms with Crippen LogP contribution in [0.15, 0.2) is 29.1 Å². The maximum atomic E-state index is 13.3. The van der Waals surface area contributed by atoms with Crippen molar-refractivity contribution in [1.82, 2.24) is 14.9 Å². The fraction of sp³-hybridized carbons (Fsp3) is 0.391. The Balaban J connectivity index is 2.10. The first-order valence-electron chi connectivity index (χ1n) is 10.6. The molecule has 1 unspecified atom stereocenters. The molecule has 0 aliphatic carbocycles. The van der Waals surface area contributed by atoms with Crippen molar-refractivity contribution in [3.8, 4) is 0 Å². The Morgan fingerprint density at radius 1 is 1.09 bits per heavy atom. The van der Waals surface area contributed by atoms with Crippen LogP contribution in [0.2, 0.25) is 0 Å². The fourth-order valence-electron chi connectivity index (χ4n) is 3.93. The molecule has 182 valence electrons. The van der Waals surface area contributed by atoms with Crippen molar-refractivity contribution in [2.24, 2.45) is 5.92 Å². The number of nitrogens with zero attached hydrogens (tertiary/aromatic N) is 1. The fourth-order valence-corrected chi connectivity index (χ4v) is 3.93. The molecule has 1 atom stereocenters. The van der Waals surface area contributed by atoms with E-state index in [4.69, 9.17) is 0 Å². The van der Waals surface area contributed by atoms with Gasteiger partial charge in [-0.2, -0.15) is 13.2 Å². The third-order valence-electron chi connectivity index (χ3n) is 5.61. The van der Waals surface area contributed by atoms with Gasteiger partial charge in [-0.3, -0.25) is 14.4 Å². The van der Waals surface area contributed by atoms with Crippen molar-refractivity contribution >= 4 is 39.5 Å². The molecule has 0 saturated carbocycles. The van der Waals surface area contributed by atoms with Gasteiger partial charge in [0, 0.05) is 16.5 Å². The first kappa shape index (κ1) is 25.0. The number of pyridine rings is 1. The third kappa shape index (κ3) is 4.55. The van der Waals surface area contributed by atoms with E-state index in [0.29, 0.717) is 16.5 Å². The first-order valence-corrected chi connectivity index (χ1v) is 10.6. The number of carboxylic acid groups (broad SMARTS) is 1. The van der Waals surface area contributed by atoms with Crippen molar-refractivity contribution in [2.45, 2.75) is 52.4 Å². The topological polar surface area (TPSA) is 121 Å². The molecule has 3 N–H and O–H groups in total. The van der Waals surface area contributed by atoms with Crippen molar-refractivity contribution < 1.29 is 32.7 Å². The van der Waals surface area contributed by atoms with Crippen LogP contribution >= 0.6 is 0 Å². The normalized spacial score (nSPS) is 13.1. The summed E-state index contributed by atoms with van der Waals surface area (Å²) in [6, 6.07) is 4.47. The number of Topliss-reactive ketones (excluding diaryl/α,β-unsaturated/α-hetero) is 1. The SMILES string of the molecule is CC(C)c1cc2c([nH]c3c(C(=O)O)cccc32)c(=O)n1CC(=O)NC(C(=O)C(F)(F)F)C(C)C. The predicted molar refractivity (Wildman–Crippen MR) is 119 cm³/mol. The molecule has 0 radical (unpaired) electrons. The van der Waals surface area contributed by atoms with E-state index in [9.17, 15) is 37.5 Å². The highest BCUT2D eigenvalue weighted by molar-refractivity contribution is 6.13. The molecular weight excluding hydrogens is 455 g/mol. The van der Waals surface area contributed by atoms with E-state index in [-0.39, 0.29) is 22.5 Å². The van der Waals surface area contributed by atoms with Gasteiger partial charge in [0.1, 0.15) is 12.1 Å². The number of carboxylic acids is 1. The summed E-state index contributed by atoms with van der Waals surface area (Å²) in [4.78, 5) is 52.1. The lowest BCUT2D eigenvalue weighted by atomic mass is 9.99. The summed E-state index contributed by atoms with van der Waals surface area (Å²) in [5.41, 5.74) is 0.0703. The quantitative estimate of drug-likeness (QED) is 0.478. The van der Waals surface area contributed by atoms with Crippen LogP contribution in [0.4, 0.5) is 13.2 Å². The maximum Gasteiger partial charge on any atom is 0.452 e. The lowest BCUT2D eigenvalue weighted by Crippen LogP contribution is -2.51. The van der Waals surface area contributed by atoms with Crippen LogP contribution in [0.3, 0.4) is 0 Å². The number of para-hydroxylation sites is 1. The largest absolute Gasteiger partial charge is 0.478 e. The Bertz CT molecular complexity index is 1350. The molecule has 2 heterocycles. The van der Waals surface area contributed by atoms with Gasteiger partial charge in [0.15, 0.2) is 0 Å². The molecule has 0 fully saturated rings. The summed E-state index contributed by atoms with van der Waals surface area (Å²) in [6.45, 7) is 5.68. The van der Waals surface area contributed by atoms with Crippen molar-refractivity contribution in [2.75, 3.05) is 0 Å². The number of hydrogen-bond acceptors (Lipinski definition) is 4. The molecule has 2 aromatic heterocycles. The maximum absolute atomic E-state index is 13.3. The number of ketones is 1. The second-order valence-electron chi connectivity index (χ2n) is 8.71. The lowest BCUT2D eigenvalue weighted by Gasteiger charge is -2.23. The average molecular weight is 479 g/mol. The van der Waals surface area contributed by atoms with Crippen molar-refractivity contribution in [3.05, 3.63) is 45.9 Å². The molecule has 8 nitrogen and oxygen atoms in total. The van der Waals surface area contributed by atoms with Gasteiger partial charge in [-0.15, -0.1) is 0 Å². The Morgan fingerprint density at radius 3 is 2.26 bits per heavy atom. The van der Waals surface area contributed by atoms with E-state index in [2.05, 4.69) is 10.3 Å². The zero-order valence-electron chi connectivity index (χ0n) is 18.9. The van der Waals surface area contributed by atoms with Crippen molar-refractivity contribution in [1.29, 1.82) is 0 Å². The Morgan fingerprint density at radius 2 is 1.74 bits per heavy atom. The van der Waals surface area contributed by atoms with Crippen LogP contribution < -0.4 is 10.9 Å². The molecule has 1 amide bonds. The van der Waals surface area contributed by atoms with Gasteiger partial charge in [0.05, 0.1) is 17.1 Å². The van der Waals surface area contributed by atoms with E-state index in [0.717, 1.165) is 4.57 Å². The molecule has 0 spiro atoms. The van der Waals surface area contributed by atoms with Gasteiger partial charge < -0.3 is 20.0 Å². The number of carbonyl (C=O) groups excluding carboxylic acids is 2. The number of aromatic carboxylic acids is 1. The Hall–Kier alpha value is -3.63. The average Bonchev–Trinajstić information content (AvgIpc) is 3.11. The lowest BCUT2D eigenvalue weighted by molar-refractivity contribution is -0.174. The molecule has 3 aromatic rings. The molecule has 11 heteroatoms. The van der Waals surface area contributed by atoms with Gasteiger partial charge in [-0.25, -0.2) is 4.79 Å². The molecule has 0 aliphatic heterocycles. The zero-order chi connectivity index (χ0) is 25.5. The summed E-state index contributed by atoms with van der Waals surface area (Å²) in [5, 5.41) is 12.6. The second-order valence-corrected chi connectivity index (χ2v) is 8.71. The van der Waals surface area contributed by atoms with Crippen LogP contribution in [-0.4, -0.2) is 44.5 Å². The number of nitrogens with one attached hydrogen (secondary N) is 2. The van der Waals surface area contributed by atoms with Gasteiger partial charge in [0.25, 0.3) is 11.3 Å². The smallest absolute Gasteiger partial charge is 0.452 e. The van der Waals surface area contributed by atoms with E-state index >= 15 is 0 Å². The molecule has 3 rings (SSSR count). The van der Waals surface area contributed by atoms with E-state index < -0.39 is 47.9 Å². The summed E-state index contributed by atoms with van der Waals surface area (Å²) >= 11 is 0. The monoisotopic (exact) mass is 479 g/mol. The minimum absolute atomic E-state index is 0.0334. The van der Waals surface area contributed by atoms with Crippen LogP contribution in [0.25, 0.3) is 21.8 Å². The van der Waals surface area contributed by atoms with Gasteiger partial charge in [-0.1, -0.05) is 39.8 Å². The molecule has 1 aromatic carbocycles. The highest BCUT2D eigenvalue weighted by Crippen LogP contribution is 2.29. The molecule has 0 bridgehead atoms. The first-order chi connectivity index (χ1) is 15.7. The van der Waals surface area contributed by atoms with Crippen LogP contribution in [0.1, 0.15) is 49.7 Å². The summed E-state index contributed by atoms with van der Waals surface area (Å²) in [7, 11) is 0. The number of rotatable bonds is 7. The van der Waals surface area contributed by atoms with Gasteiger partial charge >= 0.3 is 12.1 Å². The minimum Gasteiger partial charge on any atom is -0.478 e. The summed E-state index contributed by atoms with van der Waals surface area (Å²) < 4.78 is 39.9. The third-order valence-corrected chi connectivity index (χ3v) is 5.61. The van der Waals surface area contributed by atoms with Crippen molar-refractivity contribution in [3.63, 3.8) is 0 Å². The number of halogens is 3. The molecule has 0 aliphatic rings.